The number of rotatable bonds is 2. The van der Waals surface area contributed by atoms with Crippen LogP contribution in [0.3, 0.4) is 0 Å². The highest BCUT2D eigenvalue weighted by atomic mass is 35.5. The first kappa shape index (κ1) is 10.4. The number of hydrogen-bond donors (Lipinski definition) is 1. The zero-order valence-electron chi connectivity index (χ0n) is 7.18. The van der Waals surface area contributed by atoms with Crippen LogP contribution < -0.4 is 5.32 Å². The van der Waals surface area contributed by atoms with E-state index >= 15 is 0 Å². The van der Waals surface area contributed by atoms with Crippen LogP contribution in [0.2, 0.25) is 0 Å². The van der Waals surface area contributed by atoms with Gasteiger partial charge in [-0.15, -0.1) is 12.4 Å². The van der Waals surface area contributed by atoms with Crippen molar-refractivity contribution in [1.82, 2.24) is 9.97 Å². The van der Waals surface area contributed by atoms with E-state index in [0.717, 1.165) is 11.0 Å². The van der Waals surface area contributed by atoms with Gasteiger partial charge in [-0.2, -0.15) is 0 Å². The molecule has 0 bridgehead atoms. The first-order valence-corrected chi connectivity index (χ1v) is 3.82. The van der Waals surface area contributed by atoms with Crippen molar-refractivity contribution in [1.29, 1.82) is 0 Å². The van der Waals surface area contributed by atoms with Crippen LogP contribution in [0.15, 0.2) is 30.5 Å². The van der Waals surface area contributed by atoms with E-state index in [0.29, 0.717) is 12.2 Å². The Bertz CT molecular complexity index is 447. The standard InChI is InChI=1S/C9H7N3O.ClH/c13-6-11-9-4-3-7-8(12-9)2-1-5-10-7;/h1-6H,(H,11,12,13);1H. The van der Waals surface area contributed by atoms with Crippen molar-refractivity contribution in [3.8, 4) is 0 Å². The lowest BCUT2D eigenvalue weighted by molar-refractivity contribution is -0.105. The molecule has 0 atom stereocenters. The topological polar surface area (TPSA) is 54.9 Å². The molecule has 0 radical (unpaired) electrons. The molecule has 0 unspecified atom stereocenters. The minimum absolute atomic E-state index is 0. The van der Waals surface area contributed by atoms with Crippen molar-refractivity contribution in [2.45, 2.75) is 0 Å². The molecule has 0 aliphatic carbocycles. The van der Waals surface area contributed by atoms with Gasteiger partial charge in [0.05, 0.1) is 11.0 Å². The van der Waals surface area contributed by atoms with E-state index in [4.69, 9.17) is 0 Å². The molecule has 2 aromatic rings. The monoisotopic (exact) mass is 209 g/mol. The maximum Gasteiger partial charge on any atom is 0.212 e. The Morgan fingerprint density at radius 3 is 2.86 bits per heavy atom. The second kappa shape index (κ2) is 4.53. The molecule has 72 valence electrons. The van der Waals surface area contributed by atoms with Crippen LogP contribution in [0.25, 0.3) is 11.0 Å². The van der Waals surface area contributed by atoms with E-state index < -0.39 is 0 Å². The number of anilines is 1. The molecule has 0 aliphatic rings. The zero-order valence-corrected chi connectivity index (χ0v) is 7.99. The predicted molar refractivity (Wildman–Crippen MR) is 56.5 cm³/mol. The van der Waals surface area contributed by atoms with Crippen LogP contribution in [0.5, 0.6) is 0 Å². The lowest BCUT2D eigenvalue weighted by atomic mass is 10.3. The number of carbonyl (C=O) groups excluding carboxylic acids is 1. The number of nitrogens with one attached hydrogen (secondary N) is 1. The van der Waals surface area contributed by atoms with Gasteiger partial charge >= 0.3 is 0 Å². The molecule has 0 spiro atoms. The lowest BCUT2D eigenvalue weighted by Crippen LogP contribution is -1.96. The number of nitrogens with zero attached hydrogens (tertiary/aromatic N) is 2. The summed E-state index contributed by atoms with van der Waals surface area (Å²) in [6.45, 7) is 0. The van der Waals surface area contributed by atoms with E-state index in [1.165, 1.54) is 0 Å². The SMILES string of the molecule is Cl.O=CNc1ccc2ncccc2n1. The Hall–Kier alpha value is -1.68. The summed E-state index contributed by atoms with van der Waals surface area (Å²) < 4.78 is 0. The molecule has 0 saturated heterocycles. The fourth-order valence-corrected chi connectivity index (χ4v) is 1.10. The van der Waals surface area contributed by atoms with E-state index in [-0.39, 0.29) is 12.4 Å². The van der Waals surface area contributed by atoms with Crippen LogP contribution in [0.1, 0.15) is 0 Å². The first-order valence-electron chi connectivity index (χ1n) is 3.82. The summed E-state index contributed by atoms with van der Waals surface area (Å²) in [5.41, 5.74) is 1.59. The normalized spacial score (nSPS) is 9.14. The molecule has 1 N–H and O–H groups in total. The minimum atomic E-state index is 0. The van der Waals surface area contributed by atoms with Gasteiger partial charge in [-0.25, -0.2) is 4.98 Å². The molecule has 14 heavy (non-hydrogen) atoms. The Balaban J connectivity index is 0.000000980. The number of hydrogen-bond acceptors (Lipinski definition) is 3. The van der Waals surface area contributed by atoms with Crippen LogP contribution >= 0.6 is 12.4 Å². The highest BCUT2D eigenvalue weighted by Gasteiger charge is 1.96. The van der Waals surface area contributed by atoms with E-state index in [1.54, 1.807) is 18.3 Å². The van der Waals surface area contributed by atoms with Crippen molar-refractivity contribution in [3.63, 3.8) is 0 Å². The first-order chi connectivity index (χ1) is 6.40. The van der Waals surface area contributed by atoms with Crippen LogP contribution in [-0.2, 0) is 4.79 Å². The van der Waals surface area contributed by atoms with Crippen LogP contribution in [0, 0.1) is 0 Å². The number of halogens is 1. The van der Waals surface area contributed by atoms with E-state index in [9.17, 15) is 4.79 Å². The fraction of sp³-hybridized carbons (Fsp3) is 0. The molecule has 2 heterocycles. The molecule has 0 fully saturated rings. The van der Waals surface area contributed by atoms with Crippen molar-refractivity contribution < 1.29 is 4.79 Å². The van der Waals surface area contributed by atoms with Gasteiger partial charge in [0.25, 0.3) is 0 Å². The lowest BCUT2D eigenvalue weighted by Gasteiger charge is -1.98. The van der Waals surface area contributed by atoms with Gasteiger partial charge in [-0.3, -0.25) is 9.78 Å². The number of amides is 1. The smallest absolute Gasteiger partial charge is 0.212 e. The van der Waals surface area contributed by atoms with Crippen molar-refractivity contribution in [3.05, 3.63) is 30.5 Å². The van der Waals surface area contributed by atoms with E-state index in [1.807, 2.05) is 12.1 Å². The second-order valence-electron chi connectivity index (χ2n) is 2.50. The van der Waals surface area contributed by atoms with Crippen molar-refractivity contribution >= 4 is 35.7 Å². The predicted octanol–water partition coefficient (Wildman–Crippen LogP) is 1.62. The molecule has 0 aromatic carbocycles. The molecule has 2 rings (SSSR count). The van der Waals surface area contributed by atoms with Crippen LogP contribution in [0.4, 0.5) is 5.82 Å². The molecular formula is C9H8ClN3O. The summed E-state index contributed by atoms with van der Waals surface area (Å²) in [5, 5.41) is 2.48. The number of fused-ring (bicyclic) bond motifs is 1. The Morgan fingerprint density at radius 2 is 2.07 bits per heavy atom. The molecule has 2 aromatic heterocycles. The third kappa shape index (κ3) is 1.97. The summed E-state index contributed by atoms with van der Waals surface area (Å²) >= 11 is 0. The summed E-state index contributed by atoms with van der Waals surface area (Å²) in [5.74, 6) is 0.538. The number of carbonyl (C=O) groups is 1. The third-order valence-corrected chi connectivity index (χ3v) is 1.66. The Kier molecular flexibility index (Phi) is 3.36. The molecular weight excluding hydrogens is 202 g/mol. The highest BCUT2D eigenvalue weighted by molar-refractivity contribution is 5.85. The van der Waals surface area contributed by atoms with Gasteiger partial charge < -0.3 is 5.32 Å². The van der Waals surface area contributed by atoms with Gasteiger partial charge in [0.15, 0.2) is 0 Å². The minimum Gasteiger partial charge on any atom is -0.313 e. The zero-order chi connectivity index (χ0) is 9.10. The van der Waals surface area contributed by atoms with Gasteiger partial charge in [-0.05, 0) is 24.3 Å². The molecule has 1 amide bonds. The van der Waals surface area contributed by atoms with Gasteiger partial charge in [0, 0.05) is 6.20 Å². The average Bonchev–Trinajstić information content (AvgIpc) is 2.18. The Morgan fingerprint density at radius 1 is 1.21 bits per heavy atom. The summed E-state index contributed by atoms with van der Waals surface area (Å²) in [6.07, 6.45) is 2.31. The molecule has 0 saturated carbocycles. The van der Waals surface area contributed by atoms with Crippen molar-refractivity contribution in [2.24, 2.45) is 0 Å². The summed E-state index contributed by atoms with van der Waals surface area (Å²) in [6, 6.07) is 7.18. The highest BCUT2D eigenvalue weighted by Crippen LogP contribution is 2.11. The van der Waals surface area contributed by atoms with Gasteiger partial charge in [0.2, 0.25) is 6.41 Å². The fourth-order valence-electron chi connectivity index (χ4n) is 1.10. The molecule has 5 heteroatoms. The van der Waals surface area contributed by atoms with Crippen molar-refractivity contribution in [2.75, 3.05) is 5.32 Å². The third-order valence-electron chi connectivity index (χ3n) is 1.66. The summed E-state index contributed by atoms with van der Waals surface area (Å²) in [4.78, 5) is 18.4. The van der Waals surface area contributed by atoms with Gasteiger partial charge in [-0.1, -0.05) is 0 Å². The van der Waals surface area contributed by atoms with Crippen LogP contribution in [-0.4, -0.2) is 16.4 Å². The summed E-state index contributed by atoms with van der Waals surface area (Å²) in [7, 11) is 0. The Labute approximate surface area is 86.8 Å². The van der Waals surface area contributed by atoms with Gasteiger partial charge in [0.1, 0.15) is 5.82 Å². The number of pyridine rings is 2. The maximum atomic E-state index is 10.1. The largest absolute Gasteiger partial charge is 0.313 e. The molecule has 0 aliphatic heterocycles. The molecule has 4 nitrogen and oxygen atoms in total. The second-order valence-corrected chi connectivity index (χ2v) is 2.50. The average molecular weight is 210 g/mol. The number of aromatic nitrogens is 2. The quantitative estimate of drug-likeness (QED) is 0.765. The van der Waals surface area contributed by atoms with E-state index in [2.05, 4.69) is 15.3 Å². The maximum absolute atomic E-state index is 10.1.